The van der Waals surface area contributed by atoms with Crippen LogP contribution in [0.5, 0.6) is 5.75 Å². The van der Waals surface area contributed by atoms with E-state index in [9.17, 15) is 4.79 Å². The third-order valence-corrected chi connectivity index (χ3v) is 6.15. The van der Waals surface area contributed by atoms with Gasteiger partial charge in [-0.05, 0) is 79.6 Å². The summed E-state index contributed by atoms with van der Waals surface area (Å²) in [5.41, 5.74) is 8.14. The first-order valence-electron chi connectivity index (χ1n) is 10.9. The standard InChI is InChI=1S/C27H30N2O2/c1-18-16-19(2)26(29-14-8-9-15-29)20(3)25(18)28-27(30)24-17-22(31-4)12-13-23(24)21-10-6-5-7-11-21/h5-7,10-13,16-17H,8-9,14-15H2,1-4H3,(H,28,30). The smallest absolute Gasteiger partial charge is 0.256 e. The summed E-state index contributed by atoms with van der Waals surface area (Å²) in [6.07, 6.45) is 2.44. The van der Waals surface area contributed by atoms with Gasteiger partial charge in [-0.15, -0.1) is 0 Å². The highest BCUT2D eigenvalue weighted by Gasteiger charge is 2.22. The van der Waals surface area contributed by atoms with E-state index >= 15 is 0 Å². The zero-order valence-electron chi connectivity index (χ0n) is 18.8. The molecular formula is C27H30N2O2. The van der Waals surface area contributed by atoms with Gasteiger partial charge in [-0.1, -0.05) is 36.4 Å². The summed E-state index contributed by atoms with van der Waals surface area (Å²) in [5.74, 6) is 0.542. The van der Waals surface area contributed by atoms with Crippen LogP contribution in [-0.2, 0) is 0 Å². The second-order valence-corrected chi connectivity index (χ2v) is 8.28. The molecular weight excluding hydrogens is 384 g/mol. The molecule has 1 aliphatic rings. The van der Waals surface area contributed by atoms with Crippen molar-refractivity contribution < 1.29 is 9.53 Å². The predicted molar refractivity (Wildman–Crippen MR) is 128 cm³/mol. The van der Waals surface area contributed by atoms with Gasteiger partial charge in [0.15, 0.2) is 0 Å². The summed E-state index contributed by atoms with van der Waals surface area (Å²) in [6, 6.07) is 17.8. The molecule has 1 aliphatic heterocycles. The van der Waals surface area contributed by atoms with E-state index in [0.717, 1.165) is 41.0 Å². The number of methoxy groups -OCH3 is 1. The Hall–Kier alpha value is -3.27. The minimum absolute atomic E-state index is 0.125. The molecule has 1 heterocycles. The lowest BCUT2D eigenvalue weighted by Gasteiger charge is -2.26. The van der Waals surface area contributed by atoms with Crippen LogP contribution in [0.1, 0.15) is 39.9 Å². The molecule has 3 aromatic carbocycles. The number of carbonyl (C=O) groups excluding carboxylic acids is 1. The monoisotopic (exact) mass is 414 g/mol. The van der Waals surface area contributed by atoms with Crippen molar-refractivity contribution in [2.75, 3.05) is 30.4 Å². The van der Waals surface area contributed by atoms with Crippen molar-refractivity contribution in [3.8, 4) is 16.9 Å². The predicted octanol–water partition coefficient (Wildman–Crippen LogP) is 6.14. The van der Waals surface area contributed by atoms with Crippen molar-refractivity contribution in [2.45, 2.75) is 33.6 Å². The maximum Gasteiger partial charge on any atom is 0.256 e. The maximum absolute atomic E-state index is 13.5. The van der Waals surface area contributed by atoms with Gasteiger partial charge in [0.1, 0.15) is 5.75 Å². The summed E-state index contributed by atoms with van der Waals surface area (Å²) in [6.45, 7) is 8.49. The molecule has 0 bridgehead atoms. The number of aryl methyl sites for hydroxylation is 2. The van der Waals surface area contributed by atoms with Crippen LogP contribution in [0.25, 0.3) is 11.1 Å². The minimum Gasteiger partial charge on any atom is -0.497 e. The van der Waals surface area contributed by atoms with Gasteiger partial charge in [0.2, 0.25) is 0 Å². The first-order chi connectivity index (χ1) is 15.0. The third kappa shape index (κ3) is 4.15. The fourth-order valence-electron chi connectivity index (χ4n) is 4.68. The lowest BCUT2D eigenvalue weighted by Crippen LogP contribution is -2.22. The van der Waals surface area contributed by atoms with Crippen molar-refractivity contribution in [3.63, 3.8) is 0 Å². The molecule has 4 rings (SSSR count). The normalized spacial score (nSPS) is 13.4. The highest BCUT2D eigenvalue weighted by atomic mass is 16.5. The lowest BCUT2D eigenvalue weighted by atomic mass is 9.97. The van der Waals surface area contributed by atoms with E-state index in [0.29, 0.717) is 11.3 Å². The number of carbonyl (C=O) groups is 1. The minimum atomic E-state index is -0.125. The van der Waals surface area contributed by atoms with Crippen LogP contribution in [0.3, 0.4) is 0 Å². The molecule has 4 heteroatoms. The number of nitrogens with one attached hydrogen (secondary N) is 1. The number of rotatable bonds is 5. The number of nitrogens with zero attached hydrogens (tertiary/aromatic N) is 1. The molecule has 160 valence electrons. The van der Waals surface area contributed by atoms with E-state index in [1.165, 1.54) is 24.1 Å². The van der Waals surface area contributed by atoms with Crippen molar-refractivity contribution in [2.24, 2.45) is 0 Å². The number of benzene rings is 3. The number of hydrogen-bond donors (Lipinski definition) is 1. The first kappa shape index (κ1) is 21.0. The van der Waals surface area contributed by atoms with Gasteiger partial charge in [0, 0.05) is 24.5 Å². The topological polar surface area (TPSA) is 41.6 Å². The zero-order valence-corrected chi connectivity index (χ0v) is 18.8. The van der Waals surface area contributed by atoms with E-state index in [1.807, 2.05) is 48.5 Å². The van der Waals surface area contributed by atoms with Crippen LogP contribution < -0.4 is 15.0 Å². The van der Waals surface area contributed by atoms with E-state index in [-0.39, 0.29) is 5.91 Å². The fraction of sp³-hybridized carbons (Fsp3) is 0.296. The van der Waals surface area contributed by atoms with Crippen LogP contribution in [-0.4, -0.2) is 26.1 Å². The average Bonchev–Trinajstić information content (AvgIpc) is 3.31. The van der Waals surface area contributed by atoms with Crippen molar-refractivity contribution in [1.82, 2.24) is 0 Å². The van der Waals surface area contributed by atoms with Gasteiger partial charge in [0.05, 0.1) is 12.7 Å². The fourth-order valence-corrected chi connectivity index (χ4v) is 4.68. The van der Waals surface area contributed by atoms with Crippen molar-refractivity contribution in [3.05, 3.63) is 76.9 Å². The summed E-state index contributed by atoms with van der Waals surface area (Å²) in [5, 5.41) is 3.23. The first-order valence-corrected chi connectivity index (χ1v) is 10.9. The Morgan fingerprint density at radius 2 is 1.65 bits per heavy atom. The van der Waals surface area contributed by atoms with E-state index < -0.39 is 0 Å². The Kier molecular flexibility index (Phi) is 5.99. The molecule has 1 saturated heterocycles. The van der Waals surface area contributed by atoms with Gasteiger partial charge in [-0.25, -0.2) is 0 Å². The molecule has 31 heavy (non-hydrogen) atoms. The maximum atomic E-state index is 13.5. The summed E-state index contributed by atoms with van der Waals surface area (Å²) in [4.78, 5) is 16.0. The molecule has 3 aromatic rings. The molecule has 0 saturated carbocycles. The number of hydrogen-bond acceptors (Lipinski definition) is 3. The van der Waals surface area contributed by atoms with Crippen molar-refractivity contribution in [1.29, 1.82) is 0 Å². The van der Waals surface area contributed by atoms with Gasteiger partial charge in [0.25, 0.3) is 5.91 Å². The molecule has 0 aliphatic carbocycles. The Bertz CT molecular complexity index is 1100. The van der Waals surface area contributed by atoms with Crippen LogP contribution >= 0.6 is 0 Å². The summed E-state index contributed by atoms with van der Waals surface area (Å²) < 4.78 is 5.41. The number of anilines is 2. The SMILES string of the molecule is COc1ccc(-c2ccccc2)c(C(=O)Nc2c(C)cc(C)c(N3CCCC3)c2C)c1. The van der Waals surface area contributed by atoms with E-state index in [1.54, 1.807) is 7.11 Å². The molecule has 0 radical (unpaired) electrons. The Labute approximate surface area is 184 Å². The van der Waals surface area contributed by atoms with Crippen LogP contribution in [0.2, 0.25) is 0 Å². The second-order valence-electron chi connectivity index (χ2n) is 8.28. The number of ether oxygens (including phenoxy) is 1. The van der Waals surface area contributed by atoms with Gasteiger partial charge >= 0.3 is 0 Å². The van der Waals surface area contributed by atoms with E-state index in [4.69, 9.17) is 4.74 Å². The summed E-state index contributed by atoms with van der Waals surface area (Å²) >= 11 is 0. The molecule has 0 atom stereocenters. The lowest BCUT2D eigenvalue weighted by molar-refractivity contribution is 0.102. The Morgan fingerprint density at radius 3 is 2.32 bits per heavy atom. The molecule has 0 aromatic heterocycles. The van der Waals surface area contributed by atoms with Crippen molar-refractivity contribution >= 4 is 17.3 Å². The second kappa shape index (κ2) is 8.84. The van der Waals surface area contributed by atoms with E-state index in [2.05, 4.69) is 37.1 Å². The highest BCUT2D eigenvalue weighted by molar-refractivity contribution is 6.10. The third-order valence-electron chi connectivity index (χ3n) is 6.15. The van der Waals surface area contributed by atoms with Gasteiger partial charge < -0.3 is 15.0 Å². The van der Waals surface area contributed by atoms with Crippen LogP contribution in [0.4, 0.5) is 11.4 Å². The molecule has 1 N–H and O–H groups in total. The summed E-state index contributed by atoms with van der Waals surface area (Å²) in [7, 11) is 1.62. The van der Waals surface area contributed by atoms with Gasteiger partial charge in [-0.2, -0.15) is 0 Å². The molecule has 0 spiro atoms. The quantitative estimate of drug-likeness (QED) is 0.545. The largest absolute Gasteiger partial charge is 0.497 e. The molecule has 4 nitrogen and oxygen atoms in total. The van der Waals surface area contributed by atoms with Gasteiger partial charge in [-0.3, -0.25) is 4.79 Å². The molecule has 1 fully saturated rings. The highest BCUT2D eigenvalue weighted by Crippen LogP contribution is 2.36. The average molecular weight is 415 g/mol. The Morgan fingerprint density at radius 1 is 0.935 bits per heavy atom. The zero-order chi connectivity index (χ0) is 22.0. The Balaban J connectivity index is 1.74. The van der Waals surface area contributed by atoms with Crippen LogP contribution in [0.15, 0.2) is 54.6 Å². The molecule has 0 unspecified atom stereocenters. The molecule has 1 amide bonds. The number of amides is 1. The van der Waals surface area contributed by atoms with Crippen LogP contribution in [0, 0.1) is 20.8 Å².